The Kier molecular flexibility index (Phi) is 3.43. The van der Waals surface area contributed by atoms with Gasteiger partial charge < -0.3 is 10.3 Å². The van der Waals surface area contributed by atoms with Crippen LogP contribution in [0.1, 0.15) is 32.6 Å². The molecule has 0 saturated carbocycles. The van der Waals surface area contributed by atoms with Gasteiger partial charge in [-0.3, -0.25) is 4.98 Å². The van der Waals surface area contributed by atoms with Crippen molar-refractivity contribution in [2.24, 2.45) is 5.73 Å². The maximum atomic E-state index is 6.24. The number of nitrogens with zero attached hydrogens (tertiary/aromatic N) is 3. The van der Waals surface area contributed by atoms with Crippen molar-refractivity contribution in [3.63, 3.8) is 0 Å². The van der Waals surface area contributed by atoms with Crippen LogP contribution in [-0.4, -0.2) is 15.1 Å². The highest BCUT2D eigenvalue weighted by molar-refractivity contribution is 5.92. The summed E-state index contributed by atoms with van der Waals surface area (Å²) in [4.78, 5) is 8.85. The molecule has 5 heteroatoms. The highest BCUT2D eigenvalue weighted by Crippen LogP contribution is 2.27. The summed E-state index contributed by atoms with van der Waals surface area (Å²) in [5, 5.41) is 6.15. The molecule has 1 atom stereocenters. The molecule has 21 heavy (non-hydrogen) atoms. The summed E-state index contributed by atoms with van der Waals surface area (Å²) in [5.41, 5.74) is 6.35. The maximum Gasteiger partial charge on any atom is 0.246 e. The van der Waals surface area contributed by atoms with Gasteiger partial charge in [0.25, 0.3) is 0 Å². The third-order valence-corrected chi connectivity index (χ3v) is 3.57. The summed E-state index contributed by atoms with van der Waals surface area (Å²) >= 11 is 0. The van der Waals surface area contributed by atoms with Crippen LogP contribution in [0.2, 0.25) is 0 Å². The van der Waals surface area contributed by atoms with Crippen molar-refractivity contribution < 1.29 is 4.52 Å². The largest absolute Gasteiger partial charge is 0.337 e. The minimum absolute atomic E-state index is 0.453. The molecule has 1 aromatic carbocycles. The lowest BCUT2D eigenvalue weighted by Gasteiger charge is -2.18. The number of fused-ring (bicyclic) bond motifs is 1. The van der Waals surface area contributed by atoms with E-state index in [1.807, 2.05) is 37.3 Å². The maximum absolute atomic E-state index is 6.24. The Morgan fingerprint density at radius 3 is 2.86 bits per heavy atom. The van der Waals surface area contributed by atoms with Crippen LogP contribution in [0.15, 0.2) is 41.1 Å². The normalized spacial score (nSPS) is 14.2. The smallest absolute Gasteiger partial charge is 0.246 e. The van der Waals surface area contributed by atoms with E-state index < -0.39 is 5.54 Å². The lowest BCUT2D eigenvalue weighted by Crippen LogP contribution is -2.33. The molecule has 0 aliphatic rings. The fourth-order valence-electron chi connectivity index (χ4n) is 2.48. The molecule has 1 unspecified atom stereocenters. The first-order valence-electron chi connectivity index (χ1n) is 7.09. The van der Waals surface area contributed by atoms with Gasteiger partial charge in [-0.1, -0.05) is 42.8 Å². The van der Waals surface area contributed by atoms with Crippen molar-refractivity contribution in [2.45, 2.75) is 32.2 Å². The van der Waals surface area contributed by atoms with Crippen molar-refractivity contribution in [3.8, 4) is 11.5 Å². The van der Waals surface area contributed by atoms with Gasteiger partial charge in [0.05, 0.1) is 5.54 Å². The van der Waals surface area contributed by atoms with E-state index in [0.29, 0.717) is 11.7 Å². The molecule has 5 nitrogen and oxygen atoms in total. The number of aromatic nitrogens is 3. The average Bonchev–Trinajstić information content (AvgIpc) is 2.97. The van der Waals surface area contributed by atoms with Gasteiger partial charge in [-0.05, 0) is 24.8 Å². The summed E-state index contributed by atoms with van der Waals surface area (Å²) in [6.45, 7) is 3.99. The molecule has 0 amide bonds. The fraction of sp³-hybridized carbons (Fsp3) is 0.312. The Labute approximate surface area is 123 Å². The lowest BCUT2D eigenvalue weighted by atomic mass is 9.98. The molecule has 2 aromatic heterocycles. The van der Waals surface area contributed by atoms with Crippen molar-refractivity contribution in [1.29, 1.82) is 0 Å². The lowest BCUT2D eigenvalue weighted by molar-refractivity contribution is 0.284. The van der Waals surface area contributed by atoms with E-state index in [-0.39, 0.29) is 0 Å². The minimum atomic E-state index is -0.607. The topological polar surface area (TPSA) is 77.8 Å². The first kappa shape index (κ1) is 13.7. The van der Waals surface area contributed by atoms with Crippen molar-refractivity contribution in [3.05, 3.63) is 42.4 Å². The fourth-order valence-corrected chi connectivity index (χ4v) is 2.48. The highest BCUT2D eigenvalue weighted by atomic mass is 16.5. The van der Waals surface area contributed by atoms with Gasteiger partial charge in [-0.25, -0.2) is 0 Å². The van der Waals surface area contributed by atoms with Gasteiger partial charge in [0.2, 0.25) is 11.7 Å². The van der Waals surface area contributed by atoms with E-state index in [1.165, 1.54) is 0 Å². The molecule has 3 aromatic rings. The number of pyridine rings is 1. The summed E-state index contributed by atoms with van der Waals surface area (Å²) in [7, 11) is 0. The molecular formula is C16H18N4O. The standard InChI is InChI=1S/C16H18N4O/c1-3-9-16(2,17)15-19-14(20-21-15)13-12-7-5-4-6-11(12)8-10-18-13/h4-8,10H,3,9,17H2,1-2H3. The molecule has 0 aliphatic carbocycles. The van der Waals surface area contributed by atoms with Crippen LogP contribution in [0, 0.1) is 0 Å². The molecule has 108 valence electrons. The second-order valence-corrected chi connectivity index (χ2v) is 5.47. The van der Waals surface area contributed by atoms with Gasteiger partial charge in [-0.2, -0.15) is 4.98 Å². The highest BCUT2D eigenvalue weighted by Gasteiger charge is 2.28. The predicted octanol–water partition coefficient (Wildman–Crippen LogP) is 3.26. The molecular weight excluding hydrogens is 264 g/mol. The first-order valence-corrected chi connectivity index (χ1v) is 7.09. The third kappa shape index (κ3) is 2.52. The van der Waals surface area contributed by atoms with Crippen LogP contribution >= 0.6 is 0 Å². The van der Waals surface area contributed by atoms with E-state index >= 15 is 0 Å². The molecule has 0 bridgehead atoms. The zero-order valence-electron chi connectivity index (χ0n) is 12.2. The predicted molar refractivity (Wildman–Crippen MR) is 81.5 cm³/mol. The number of rotatable bonds is 4. The van der Waals surface area contributed by atoms with E-state index in [9.17, 15) is 0 Å². The summed E-state index contributed by atoms with van der Waals surface area (Å²) < 4.78 is 5.36. The van der Waals surface area contributed by atoms with E-state index in [2.05, 4.69) is 22.0 Å². The summed E-state index contributed by atoms with van der Waals surface area (Å²) in [6.07, 6.45) is 3.50. The van der Waals surface area contributed by atoms with Gasteiger partial charge in [0.15, 0.2) is 0 Å². The Balaban J connectivity index is 2.07. The van der Waals surface area contributed by atoms with Gasteiger partial charge in [-0.15, -0.1) is 0 Å². The van der Waals surface area contributed by atoms with Gasteiger partial charge in [0.1, 0.15) is 5.69 Å². The van der Waals surface area contributed by atoms with E-state index in [0.717, 1.165) is 29.3 Å². The molecule has 0 fully saturated rings. The second-order valence-electron chi connectivity index (χ2n) is 5.47. The average molecular weight is 282 g/mol. The molecule has 2 heterocycles. The first-order chi connectivity index (χ1) is 10.1. The molecule has 0 radical (unpaired) electrons. The Morgan fingerprint density at radius 1 is 1.24 bits per heavy atom. The number of hydrogen-bond donors (Lipinski definition) is 1. The van der Waals surface area contributed by atoms with Crippen LogP contribution in [0.25, 0.3) is 22.3 Å². The Hall–Kier alpha value is -2.27. The molecule has 2 N–H and O–H groups in total. The molecule has 0 aliphatic heterocycles. The van der Waals surface area contributed by atoms with Crippen molar-refractivity contribution in [2.75, 3.05) is 0 Å². The SMILES string of the molecule is CCCC(C)(N)c1nc(-c2nccc3ccccc23)no1. The minimum Gasteiger partial charge on any atom is -0.337 e. The van der Waals surface area contributed by atoms with Gasteiger partial charge in [0, 0.05) is 11.6 Å². The summed E-state index contributed by atoms with van der Waals surface area (Å²) in [5.74, 6) is 0.934. The second kappa shape index (κ2) is 5.26. The van der Waals surface area contributed by atoms with Crippen LogP contribution < -0.4 is 5.73 Å². The van der Waals surface area contributed by atoms with Crippen LogP contribution in [-0.2, 0) is 5.54 Å². The van der Waals surface area contributed by atoms with Crippen LogP contribution in [0.3, 0.4) is 0 Å². The Bertz CT molecular complexity index is 758. The van der Waals surface area contributed by atoms with Crippen LogP contribution in [0.5, 0.6) is 0 Å². The number of nitrogens with two attached hydrogens (primary N) is 1. The Morgan fingerprint density at radius 2 is 2.05 bits per heavy atom. The monoisotopic (exact) mass is 282 g/mol. The van der Waals surface area contributed by atoms with Crippen molar-refractivity contribution in [1.82, 2.24) is 15.1 Å². The molecule has 0 spiro atoms. The quantitative estimate of drug-likeness (QED) is 0.794. The zero-order chi connectivity index (χ0) is 14.9. The molecule has 3 rings (SSSR count). The summed E-state index contributed by atoms with van der Waals surface area (Å²) in [6, 6.07) is 9.96. The number of hydrogen-bond acceptors (Lipinski definition) is 5. The number of benzene rings is 1. The molecule has 0 saturated heterocycles. The zero-order valence-corrected chi connectivity index (χ0v) is 12.2. The van der Waals surface area contributed by atoms with E-state index in [4.69, 9.17) is 10.3 Å². The van der Waals surface area contributed by atoms with Gasteiger partial charge >= 0.3 is 0 Å². The van der Waals surface area contributed by atoms with E-state index in [1.54, 1.807) is 6.20 Å². The van der Waals surface area contributed by atoms with Crippen LogP contribution in [0.4, 0.5) is 0 Å². The third-order valence-electron chi connectivity index (χ3n) is 3.57. The van der Waals surface area contributed by atoms with Crippen molar-refractivity contribution >= 4 is 10.8 Å².